The van der Waals surface area contributed by atoms with E-state index in [0.717, 1.165) is 46.7 Å². The van der Waals surface area contributed by atoms with Crippen LogP contribution in [-0.4, -0.2) is 72.7 Å². The van der Waals surface area contributed by atoms with Gasteiger partial charge >= 0.3 is 0 Å². The lowest BCUT2D eigenvalue weighted by atomic mass is 10.0. The highest BCUT2D eigenvalue weighted by Crippen LogP contribution is 2.28. The Kier molecular flexibility index (Phi) is 6.42. The van der Waals surface area contributed by atoms with Crippen LogP contribution in [0.5, 0.6) is 0 Å². The highest BCUT2D eigenvalue weighted by molar-refractivity contribution is 9.11. The van der Waals surface area contributed by atoms with Crippen LogP contribution < -0.4 is 5.32 Å². The SMILES string of the molecule is Cc1cc(N=C2NC(Br)=CN3C2=NCC3C2C=NN(COCC[Si](C)(C)C)C2)sn1. The predicted molar refractivity (Wildman–Crippen MR) is 130 cm³/mol. The van der Waals surface area contributed by atoms with Crippen LogP contribution in [0, 0.1) is 12.8 Å². The lowest BCUT2D eigenvalue weighted by molar-refractivity contribution is 0.0373. The van der Waals surface area contributed by atoms with E-state index < -0.39 is 8.07 Å². The first-order chi connectivity index (χ1) is 14.3. The summed E-state index contributed by atoms with van der Waals surface area (Å²) < 4.78 is 11.0. The van der Waals surface area contributed by atoms with E-state index in [1.165, 1.54) is 17.6 Å². The van der Waals surface area contributed by atoms with Gasteiger partial charge in [-0.15, -0.1) is 0 Å². The van der Waals surface area contributed by atoms with Crippen LogP contribution in [0.4, 0.5) is 5.00 Å². The number of aromatic nitrogens is 1. The molecular weight excluding hydrogens is 482 g/mol. The van der Waals surface area contributed by atoms with Crippen LogP contribution in [-0.2, 0) is 4.74 Å². The maximum Gasteiger partial charge on any atom is 0.175 e. The monoisotopic (exact) mass is 509 g/mol. The van der Waals surface area contributed by atoms with E-state index in [2.05, 4.69) is 61.5 Å². The largest absolute Gasteiger partial charge is 0.360 e. The number of nitrogens with zero attached hydrogens (tertiary/aromatic N) is 6. The van der Waals surface area contributed by atoms with Gasteiger partial charge in [0, 0.05) is 39.6 Å². The molecule has 3 aliphatic rings. The first-order valence-electron chi connectivity index (χ1n) is 10.1. The second-order valence-corrected chi connectivity index (χ2v) is 16.2. The van der Waals surface area contributed by atoms with E-state index in [1.807, 2.05) is 24.2 Å². The van der Waals surface area contributed by atoms with E-state index in [9.17, 15) is 0 Å². The summed E-state index contributed by atoms with van der Waals surface area (Å²) in [7, 11) is -1.06. The Morgan fingerprint density at radius 3 is 2.97 bits per heavy atom. The van der Waals surface area contributed by atoms with Crippen molar-refractivity contribution >= 4 is 58.4 Å². The van der Waals surface area contributed by atoms with Crippen molar-refractivity contribution in [1.82, 2.24) is 19.6 Å². The summed E-state index contributed by atoms with van der Waals surface area (Å²) in [5.74, 6) is 1.90. The normalized spacial score (nSPS) is 24.9. The Morgan fingerprint density at radius 2 is 2.23 bits per heavy atom. The molecule has 0 spiro atoms. The lowest BCUT2D eigenvalue weighted by Crippen LogP contribution is -2.48. The molecule has 1 aromatic rings. The zero-order chi connectivity index (χ0) is 21.3. The third-order valence-electron chi connectivity index (χ3n) is 5.14. The highest BCUT2D eigenvalue weighted by Gasteiger charge is 2.39. The molecule has 0 saturated carbocycles. The minimum atomic E-state index is -1.06. The van der Waals surface area contributed by atoms with Crippen LogP contribution in [0.3, 0.4) is 0 Å². The number of hydrogen-bond donors (Lipinski definition) is 1. The molecule has 0 fully saturated rings. The van der Waals surface area contributed by atoms with E-state index >= 15 is 0 Å². The Labute approximate surface area is 191 Å². The molecule has 0 amide bonds. The maximum atomic E-state index is 5.87. The van der Waals surface area contributed by atoms with Crippen LogP contribution in [0.15, 0.2) is 32.0 Å². The average molecular weight is 511 g/mol. The smallest absolute Gasteiger partial charge is 0.175 e. The van der Waals surface area contributed by atoms with Gasteiger partial charge in [0.15, 0.2) is 11.7 Å². The maximum absolute atomic E-state index is 5.87. The Morgan fingerprint density at radius 1 is 1.40 bits per heavy atom. The molecular formula is C19H28BrN7OSSi. The van der Waals surface area contributed by atoms with E-state index in [0.29, 0.717) is 6.73 Å². The number of hydrogen-bond acceptors (Lipinski definition) is 8. The van der Waals surface area contributed by atoms with Gasteiger partial charge in [-0.1, -0.05) is 19.6 Å². The van der Waals surface area contributed by atoms with Crippen molar-refractivity contribution in [3.05, 3.63) is 22.6 Å². The molecule has 3 aliphatic heterocycles. The fourth-order valence-electron chi connectivity index (χ4n) is 3.49. The molecule has 0 saturated heterocycles. The van der Waals surface area contributed by atoms with E-state index in [-0.39, 0.29) is 12.0 Å². The van der Waals surface area contributed by atoms with Gasteiger partial charge in [0.2, 0.25) is 0 Å². The molecule has 1 aromatic heterocycles. The van der Waals surface area contributed by atoms with Crippen molar-refractivity contribution in [2.45, 2.75) is 38.7 Å². The lowest BCUT2D eigenvalue weighted by Gasteiger charge is -2.31. The topological polar surface area (TPSA) is 77.7 Å². The average Bonchev–Trinajstić information content (AvgIpc) is 3.37. The van der Waals surface area contributed by atoms with Crippen molar-refractivity contribution < 1.29 is 4.74 Å². The molecule has 4 heterocycles. The van der Waals surface area contributed by atoms with Gasteiger partial charge in [-0.3, -0.25) is 10.0 Å². The predicted octanol–water partition coefficient (Wildman–Crippen LogP) is 3.59. The van der Waals surface area contributed by atoms with Crippen molar-refractivity contribution in [3.8, 4) is 0 Å². The van der Waals surface area contributed by atoms with Crippen LogP contribution in [0.25, 0.3) is 0 Å². The zero-order valence-corrected chi connectivity index (χ0v) is 21.2. The summed E-state index contributed by atoms with van der Waals surface area (Å²) in [5.41, 5.74) is 0.974. The molecule has 2 unspecified atom stereocenters. The van der Waals surface area contributed by atoms with Gasteiger partial charge < -0.3 is 15.0 Å². The standard InChI is InChI=1S/C19H28BrN7OSSi/c1-13-7-17(29-25-13)24-18-19-21-9-15(27(19)11-16(20)23-18)14-8-22-26(10-14)12-28-5-6-30(2,3)4/h7-8,11,14-15H,5-6,9-10,12H2,1-4H3,(H,23,24). The number of aryl methyl sites for hydroxylation is 1. The number of rotatable bonds is 7. The number of fused-ring (bicyclic) bond motifs is 1. The van der Waals surface area contributed by atoms with Gasteiger partial charge in [-0.25, -0.2) is 4.99 Å². The highest BCUT2D eigenvalue weighted by atomic mass is 79.9. The molecule has 162 valence electrons. The second kappa shape index (κ2) is 8.89. The van der Waals surface area contributed by atoms with Crippen molar-refractivity contribution in [2.24, 2.45) is 21.0 Å². The first-order valence-corrected chi connectivity index (χ1v) is 15.4. The molecule has 0 bridgehead atoms. The number of hydrazone groups is 1. The van der Waals surface area contributed by atoms with Gasteiger partial charge in [0.1, 0.15) is 16.3 Å². The zero-order valence-electron chi connectivity index (χ0n) is 17.8. The molecule has 0 radical (unpaired) electrons. The van der Waals surface area contributed by atoms with Gasteiger partial charge in [-0.05, 0) is 46.5 Å². The number of nitrogens with one attached hydrogen (secondary N) is 1. The molecule has 11 heteroatoms. The fraction of sp³-hybridized carbons (Fsp3) is 0.579. The third kappa shape index (κ3) is 5.19. The minimum Gasteiger partial charge on any atom is -0.360 e. The van der Waals surface area contributed by atoms with Crippen LogP contribution in [0.1, 0.15) is 5.69 Å². The Balaban J connectivity index is 1.37. The van der Waals surface area contributed by atoms with Crippen LogP contribution in [0.2, 0.25) is 25.7 Å². The molecule has 1 N–H and O–H groups in total. The van der Waals surface area contributed by atoms with Gasteiger partial charge in [0.05, 0.1) is 18.3 Å². The second-order valence-electron chi connectivity index (χ2n) is 8.97. The first kappa shape index (κ1) is 21.7. The molecule has 0 aliphatic carbocycles. The molecule has 8 nitrogen and oxygen atoms in total. The Hall–Kier alpha value is -1.56. The number of amidine groups is 2. The fourth-order valence-corrected chi connectivity index (χ4v) is 5.30. The van der Waals surface area contributed by atoms with Gasteiger partial charge in [0.25, 0.3) is 0 Å². The number of ether oxygens (including phenoxy) is 1. The van der Waals surface area contributed by atoms with Crippen LogP contribution >= 0.6 is 27.5 Å². The molecule has 0 aromatic carbocycles. The third-order valence-corrected chi connectivity index (χ3v) is 8.03. The summed E-state index contributed by atoms with van der Waals surface area (Å²) in [4.78, 5) is 11.7. The summed E-state index contributed by atoms with van der Waals surface area (Å²) in [6.45, 7) is 12.0. The molecule has 30 heavy (non-hydrogen) atoms. The Bertz CT molecular complexity index is 907. The molecule has 2 atom stereocenters. The van der Waals surface area contributed by atoms with Gasteiger partial charge in [-0.2, -0.15) is 9.47 Å². The minimum absolute atomic E-state index is 0.221. The number of halogens is 1. The summed E-state index contributed by atoms with van der Waals surface area (Å²) >= 11 is 4.98. The van der Waals surface area contributed by atoms with Crippen molar-refractivity contribution in [2.75, 3.05) is 26.4 Å². The summed E-state index contributed by atoms with van der Waals surface area (Å²) in [6.07, 6.45) is 4.09. The van der Waals surface area contributed by atoms with E-state index in [1.54, 1.807) is 0 Å². The summed E-state index contributed by atoms with van der Waals surface area (Å²) in [5, 5.41) is 10.7. The van der Waals surface area contributed by atoms with E-state index in [4.69, 9.17) is 14.7 Å². The van der Waals surface area contributed by atoms with Crippen molar-refractivity contribution in [3.63, 3.8) is 0 Å². The quantitative estimate of drug-likeness (QED) is 0.345. The number of aliphatic imine (C=N–C) groups is 2. The molecule has 4 rings (SSSR count). The van der Waals surface area contributed by atoms with Crippen molar-refractivity contribution in [1.29, 1.82) is 0 Å². The summed E-state index contributed by atoms with van der Waals surface area (Å²) in [6, 6.07) is 3.38.